The Morgan fingerprint density at radius 3 is 2.57 bits per heavy atom. The number of nitrogens with zero attached hydrogens (tertiary/aromatic N) is 1. The summed E-state index contributed by atoms with van der Waals surface area (Å²) in [5, 5.41) is 16.3. The number of rotatable bonds is 3. The van der Waals surface area contributed by atoms with Gasteiger partial charge in [-0.3, -0.25) is 20.2 Å². The van der Waals surface area contributed by atoms with Crippen LogP contribution in [0.15, 0.2) is 42.5 Å². The minimum atomic E-state index is -0.552. The van der Waals surface area contributed by atoms with Gasteiger partial charge in [-0.15, -0.1) is 0 Å². The lowest BCUT2D eigenvalue weighted by Gasteiger charge is -2.13. The highest BCUT2D eigenvalue weighted by atomic mass is 32.1. The molecule has 2 N–H and O–H groups in total. The van der Waals surface area contributed by atoms with E-state index in [1.54, 1.807) is 0 Å². The Kier molecular flexibility index (Phi) is 5.02. The molecule has 0 radical (unpaired) electrons. The van der Waals surface area contributed by atoms with E-state index in [4.69, 9.17) is 12.2 Å². The number of hydrogen-bond acceptors (Lipinski definition) is 4. The fraction of sp³-hybridized carbons (Fsp3) is 0.125. The van der Waals surface area contributed by atoms with Crippen LogP contribution in [0, 0.1) is 24.0 Å². The third kappa shape index (κ3) is 4.10. The first-order valence-corrected chi connectivity index (χ1v) is 7.22. The van der Waals surface area contributed by atoms with E-state index in [2.05, 4.69) is 10.6 Å². The van der Waals surface area contributed by atoms with E-state index in [1.165, 1.54) is 24.3 Å². The number of anilines is 1. The van der Waals surface area contributed by atoms with Gasteiger partial charge in [-0.2, -0.15) is 0 Å². The van der Waals surface area contributed by atoms with Crippen molar-refractivity contribution in [3.63, 3.8) is 0 Å². The Bertz CT molecular complexity index is 790. The number of nitro benzene ring substituents is 1. The Labute approximate surface area is 138 Å². The average Bonchev–Trinajstić information content (AvgIpc) is 2.52. The zero-order valence-electron chi connectivity index (χ0n) is 12.6. The van der Waals surface area contributed by atoms with Gasteiger partial charge in [0.15, 0.2) is 5.11 Å². The molecule has 0 bridgehead atoms. The summed E-state index contributed by atoms with van der Waals surface area (Å²) < 4.78 is 0. The third-order valence-corrected chi connectivity index (χ3v) is 3.60. The number of carbonyl (C=O) groups excluding carboxylic acids is 1. The van der Waals surface area contributed by atoms with Crippen LogP contribution in [0.25, 0.3) is 0 Å². The maximum atomic E-state index is 12.1. The van der Waals surface area contributed by atoms with Crippen molar-refractivity contribution in [2.75, 3.05) is 5.32 Å². The van der Waals surface area contributed by atoms with Gasteiger partial charge in [0.25, 0.3) is 11.6 Å². The number of aryl methyl sites for hydroxylation is 1. The van der Waals surface area contributed by atoms with E-state index < -0.39 is 10.8 Å². The van der Waals surface area contributed by atoms with Gasteiger partial charge >= 0.3 is 0 Å². The topological polar surface area (TPSA) is 84.3 Å². The minimum Gasteiger partial charge on any atom is -0.332 e. The molecule has 0 aromatic heterocycles. The zero-order chi connectivity index (χ0) is 17.0. The first-order chi connectivity index (χ1) is 10.9. The SMILES string of the molecule is Cc1cccc(NC(=S)NC(=O)c2cccc([N+](=O)[O-])c2)c1C. The van der Waals surface area contributed by atoms with Gasteiger partial charge in [0, 0.05) is 23.4 Å². The van der Waals surface area contributed by atoms with Crippen LogP contribution in [-0.2, 0) is 0 Å². The molecular weight excluding hydrogens is 314 g/mol. The lowest BCUT2D eigenvalue weighted by molar-refractivity contribution is -0.384. The highest BCUT2D eigenvalue weighted by molar-refractivity contribution is 7.80. The second-order valence-electron chi connectivity index (χ2n) is 4.96. The first-order valence-electron chi connectivity index (χ1n) is 6.81. The number of non-ortho nitro benzene ring substituents is 1. The van der Waals surface area contributed by atoms with Crippen LogP contribution in [-0.4, -0.2) is 15.9 Å². The number of hydrogen-bond donors (Lipinski definition) is 2. The predicted octanol–water partition coefficient (Wildman–Crippen LogP) is 3.34. The quantitative estimate of drug-likeness (QED) is 0.512. The zero-order valence-corrected chi connectivity index (χ0v) is 13.4. The van der Waals surface area contributed by atoms with Gasteiger partial charge in [0.1, 0.15) is 0 Å². The summed E-state index contributed by atoms with van der Waals surface area (Å²) in [5.74, 6) is -0.503. The van der Waals surface area contributed by atoms with Gasteiger partial charge in [0.2, 0.25) is 0 Å². The van der Waals surface area contributed by atoms with E-state index in [-0.39, 0.29) is 16.4 Å². The molecule has 2 aromatic rings. The van der Waals surface area contributed by atoms with Crippen molar-refractivity contribution in [2.24, 2.45) is 0 Å². The summed E-state index contributed by atoms with van der Waals surface area (Å²) in [6.45, 7) is 3.92. The summed E-state index contributed by atoms with van der Waals surface area (Å²) in [7, 11) is 0. The van der Waals surface area contributed by atoms with E-state index in [1.807, 2.05) is 32.0 Å². The maximum absolute atomic E-state index is 12.1. The van der Waals surface area contributed by atoms with Crippen LogP contribution in [0.1, 0.15) is 21.5 Å². The Morgan fingerprint density at radius 2 is 1.87 bits per heavy atom. The Balaban J connectivity index is 2.08. The molecule has 0 aliphatic rings. The lowest BCUT2D eigenvalue weighted by atomic mass is 10.1. The van der Waals surface area contributed by atoms with E-state index in [0.717, 1.165) is 16.8 Å². The fourth-order valence-electron chi connectivity index (χ4n) is 1.98. The standard InChI is InChI=1S/C16H15N3O3S/c1-10-5-3-8-14(11(10)2)17-16(23)18-15(20)12-6-4-7-13(9-12)19(21)22/h3-9H,1-2H3,(H2,17,18,20,23). The molecule has 0 heterocycles. The molecule has 7 heteroatoms. The number of carbonyl (C=O) groups is 1. The van der Waals surface area contributed by atoms with Crippen molar-refractivity contribution in [3.05, 3.63) is 69.3 Å². The van der Waals surface area contributed by atoms with Gasteiger partial charge in [-0.1, -0.05) is 18.2 Å². The molecule has 0 aliphatic heterocycles. The molecule has 0 atom stereocenters. The molecule has 23 heavy (non-hydrogen) atoms. The summed E-state index contributed by atoms with van der Waals surface area (Å²) in [4.78, 5) is 22.3. The van der Waals surface area contributed by atoms with Crippen molar-refractivity contribution < 1.29 is 9.72 Å². The van der Waals surface area contributed by atoms with Crippen LogP contribution in [0.2, 0.25) is 0 Å². The fourth-order valence-corrected chi connectivity index (χ4v) is 2.18. The van der Waals surface area contributed by atoms with Gasteiger partial charge in [0.05, 0.1) is 4.92 Å². The van der Waals surface area contributed by atoms with Crippen LogP contribution in [0.4, 0.5) is 11.4 Å². The predicted molar refractivity (Wildman–Crippen MR) is 92.7 cm³/mol. The van der Waals surface area contributed by atoms with E-state index in [9.17, 15) is 14.9 Å². The van der Waals surface area contributed by atoms with Crippen molar-refractivity contribution in [1.82, 2.24) is 5.32 Å². The van der Waals surface area contributed by atoms with Crippen LogP contribution >= 0.6 is 12.2 Å². The maximum Gasteiger partial charge on any atom is 0.270 e. The van der Waals surface area contributed by atoms with Gasteiger partial charge in [-0.05, 0) is 49.3 Å². The summed E-state index contributed by atoms with van der Waals surface area (Å²) >= 11 is 5.12. The lowest BCUT2D eigenvalue weighted by Crippen LogP contribution is -2.34. The highest BCUT2D eigenvalue weighted by Crippen LogP contribution is 2.18. The monoisotopic (exact) mass is 329 g/mol. The molecule has 0 aliphatic carbocycles. The minimum absolute atomic E-state index is 0.134. The number of nitro groups is 1. The molecule has 0 spiro atoms. The molecular formula is C16H15N3O3S. The van der Waals surface area contributed by atoms with Crippen molar-refractivity contribution >= 4 is 34.6 Å². The number of thiocarbonyl (C=S) groups is 1. The molecule has 0 unspecified atom stereocenters. The second kappa shape index (κ2) is 6.97. The van der Waals surface area contributed by atoms with Crippen LogP contribution < -0.4 is 10.6 Å². The molecule has 6 nitrogen and oxygen atoms in total. The van der Waals surface area contributed by atoms with Crippen molar-refractivity contribution in [3.8, 4) is 0 Å². The highest BCUT2D eigenvalue weighted by Gasteiger charge is 2.13. The molecule has 2 aromatic carbocycles. The van der Waals surface area contributed by atoms with Crippen molar-refractivity contribution in [1.29, 1.82) is 0 Å². The number of nitrogens with one attached hydrogen (secondary N) is 2. The summed E-state index contributed by atoms with van der Waals surface area (Å²) in [5.41, 5.74) is 2.95. The molecule has 0 saturated carbocycles. The van der Waals surface area contributed by atoms with Crippen LogP contribution in [0.5, 0.6) is 0 Å². The van der Waals surface area contributed by atoms with E-state index in [0.29, 0.717) is 0 Å². The molecule has 2 rings (SSSR count). The smallest absolute Gasteiger partial charge is 0.270 e. The summed E-state index contributed by atoms with van der Waals surface area (Å²) in [6.07, 6.45) is 0. The summed E-state index contributed by atoms with van der Waals surface area (Å²) in [6, 6.07) is 11.2. The number of amides is 1. The average molecular weight is 329 g/mol. The molecule has 0 fully saturated rings. The second-order valence-corrected chi connectivity index (χ2v) is 5.37. The molecule has 0 saturated heterocycles. The number of benzene rings is 2. The first kappa shape index (κ1) is 16.6. The molecule has 118 valence electrons. The van der Waals surface area contributed by atoms with Crippen LogP contribution in [0.3, 0.4) is 0 Å². The largest absolute Gasteiger partial charge is 0.332 e. The van der Waals surface area contributed by atoms with Crippen molar-refractivity contribution in [2.45, 2.75) is 13.8 Å². The van der Waals surface area contributed by atoms with Gasteiger partial charge < -0.3 is 5.32 Å². The normalized spacial score (nSPS) is 10.0. The molecule has 1 amide bonds. The third-order valence-electron chi connectivity index (χ3n) is 3.40. The Morgan fingerprint density at radius 1 is 1.17 bits per heavy atom. The Hall–Kier alpha value is -2.80. The van der Waals surface area contributed by atoms with Gasteiger partial charge in [-0.25, -0.2) is 0 Å². The van der Waals surface area contributed by atoms with E-state index >= 15 is 0 Å².